The third-order valence-electron chi connectivity index (χ3n) is 15.4. The Hall–Kier alpha value is -9.48. The van der Waals surface area contributed by atoms with Gasteiger partial charge in [0, 0.05) is 82.1 Å². The molecule has 0 unspecified atom stereocenters. The molecule has 0 saturated heterocycles. The minimum absolute atomic E-state index is 0.0299. The fourth-order valence-electron chi connectivity index (χ4n) is 10.8. The van der Waals surface area contributed by atoms with Crippen molar-refractivity contribution in [1.29, 1.82) is 0 Å². The third kappa shape index (κ3) is 16.6. The molecule has 0 bridgehead atoms. The second kappa shape index (κ2) is 30.6. The number of carbonyl (C=O) groups is 4. The quantitative estimate of drug-likeness (QED) is 0.0493. The van der Waals surface area contributed by atoms with Gasteiger partial charge in [-0.05, 0) is 95.1 Å². The predicted octanol–water partition coefficient (Wildman–Crippen LogP) is 9.66. The normalized spacial score (nSPS) is 19.8. The van der Waals surface area contributed by atoms with Gasteiger partial charge >= 0.3 is 11.9 Å². The molecule has 22 heteroatoms. The number of hydrogen-bond donors (Lipinski definition) is 0. The van der Waals surface area contributed by atoms with Gasteiger partial charge in [-0.2, -0.15) is 0 Å². The van der Waals surface area contributed by atoms with Crippen molar-refractivity contribution < 1.29 is 76.4 Å². The lowest BCUT2D eigenvalue weighted by Gasteiger charge is -2.27. The van der Waals surface area contributed by atoms with Gasteiger partial charge in [0.05, 0.1) is 75.5 Å². The minimum Gasteiger partial charge on any atom is -0.487 e. The number of hydrogen-bond acceptors (Lipinski definition) is 20. The molecule has 0 N–H and O–H groups in total. The molecular formula is C68H72N4O18. The van der Waals surface area contributed by atoms with E-state index in [1.807, 2.05) is 86.0 Å². The highest BCUT2D eigenvalue weighted by Crippen LogP contribution is 2.49. The third-order valence-corrected chi connectivity index (χ3v) is 15.4. The highest BCUT2D eigenvalue weighted by atomic mass is 16.6. The first kappa shape index (κ1) is 65.0. The lowest BCUT2D eigenvalue weighted by atomic mass is 9.83. The summed E-state index contributed by atoms with van der Waals surface area (Å²) in [5, 5.41) is 22.9. The van der Waals surface area contributed by atoms with Crippen molar-refractivity contribution in [1.82, 2.24) is 0 Å². The van der Waals surface area contributed by atoms with Crippen molar-refractivity contribution >= 4 is 34.9 Å². The fraction of sp³-hybridized carbons (Fsp3) is 0.353. The zero-order chi connectivity index (χ0) is 63.6. The van der Waals surface area contributed by atoms with Crippen LogP contribution in [0.4, 0.5) is 11.4 Å². The molecular weight excluding hydrogens is 1160 g/mol. The molecule has 4 aromatic rings. The van der Waals surface area contributed by atoms with Crippen LogP contribution in [-0.4, -0.2) is 126 Å². The topological polar surface area (TPSA) is 253 Å². The number of nitro groups is 2. The van der Waals surface area contributed by atoms with Gasteiger partial charge in [-0.1, -0.05) is 76.2 Å². The minimum atomic E-state index is -0.542. The molecule has 2 aliphatic carbocycles. The van der Waals surface area contributed by atoms with E-state index >= 15 is 0 Å². The summed E-state index contributed by atoms with van der Waals surface area (Å²) in [5.74, 6) is 0.179. The second-order valence-corrected chi connectivity index (χ2v) is 22.2. The van der Waals surface area contributed by atoms with Crippen LogP contribution in [0.1, 0.15) is 62.8 Å². The van der Waals surface area contributed by atoms with E-state index in [1.165, 1.54) is 36.5 Å². The summed E-state index contributed by atoms with van der Waals surface area (Å²) in [7, 11) is 0. The Morgan fingerprint density at radius 2 is 0.844 bits per heavy atom. The van der Waals surface area contributed by atoms with E-state index in [9.17, 15) is 39.4 Å². The number of para-hydroxylation sites is 2. The van der Waals surface area contributed by atoms with Crippen molar-refractivity contribution in [3.63, 3.8) is 0 Å². The van der Waals surface area contributed by atoms with E-state index in [0.717, 1.165) is 33.9 Å². The first-order valence-electron chi connectivity index (χ1n) is 29.6. The summed E-state index contributed by atoms with van der Waals surface area (Å²) >= 11 is 0. The molecule has 4 aromatic carbocycles. The molecule has 22 nitrogen and oxygen atoms in total. The number of rotatable bonds is 14. The molecule has 472 valence electrons. The molecule has 3 heterocycles. The summed E-state index contributed by atoms with van der Waals surface area (Å²) in [5.41, 5.74) is 5.75. The van der Waals surface area contributed by atoms with Gasteiger partial charge in [0.1, 0.15) is 39.6 Å². The van der Waals surface area contributed by atoms with E-state index in [-0.39, 0.29) is 139 Å². The molecule has 0 radical (unpaired) electrons. The summed E-state index contributed by atoms with van der Waals surface area (Å²) in [4.78, 5) is 78.0. The molecule has 0 fully saturated rings. The summed E-state index contributed by atoms with van der Waals surface area (Å²) in [6.45, 7) is 11.5. The van der Waals surface area contributed by atoms with E-state index in [2.05, 4.69) is 0 Å². The molecule has 3 aliphatic heterocycles. The number of esters is 2. The zero-order valence-electron chi connectivity index (χ0n) is 50.7. The largest absolute Gasteiger partial charge is 0.487 e. The average Bonchev–Trinajstić information content (AvgIpc) is 1.74. The maximum absolute atomic E-state index is 13.4. The van der Waals surface area contributed by atoms with Crippen molar-refractivity contribution in [2.45, 2.75) is 64.6 Å². The van der Waals surface area contributed by atoms with Crippen LogP contribution in [0.3, 0.4) is 0 Å². The number of anilines is 2. The van der Waals surface area contributed by atoms with Crippen molar-refractivity contribution in [3.05, 3.63) is 222 Å². The van der Waals surface area contributed by atoms with Crippen LogP contribution in [0.25, 0.3) is 0 Å². The molecule has 0 amide bonds. The van der Waals surface area contributed by atoms with Gasteiger partial charge in [0.15, 0.2) is 34.6 Å². The number of carbonyl (C=O) groups excluding carboxylic acids is 4. The average molecular weight is 1230 g/mol. The maximum atomic E-state index is 13.4. The van der Waals surface area contributed by atoms with Gasteiger partial charge in [0.2, 0.25) is 0 Å². The fourth-order valence-corrected chi connectivity index (χ4v) is 10.8. The van der Waals surface area contributed by atoms with E-state index in [4.69, 9.17) is 47.4 Å². The number of ketones is 2. The number of nitrogens with zero attached hydrogens (tertiary/aromatic N) is 4. The number of ether oxygens (including phenoxy) is 10. The SMILES string of the molecule is CC1(C)/C(=C/C=C2/C=C([N+](=O)[O-])C=CC2=O)N(CCC(=O)OCc2ccc3c(c2)OCCOCCOCCOc2cc(COC(=O)CCN4/C(=C/C=C5/C=C([N+](=O)[O-])C=CC5=O)C(C)(C)c5ccccc54)ccc2OCCOCCOCCO3)c2ccccc21. The van der Waals surface area contributed by atoms with Crippen LogP contribution >= 0.6 is 0 Å². The highest BCUT2D eigenvalue weighted by molar-refractivity contribution is 6.08. The molecule has 5 aliphatic rings. The highest BCUT2D eigenvalue weighted by Gasteiger charge is 2.41. The number of benzene rings is 4. The van der Waals surface area contributed by atoms with E-state index < -0.39 is 32.6 Å². The summed E-state index contributed by atoms with van der Waals surface area (Å²) in [6, 6.07) is 26.2. The van der Waals surface area contributed by atoms with Crippen LogP contribution in [0.15, 0.2) is 180 Å². The number of allylic oxidation sites excluding steroid dienone is 14. The molecule has 0 aromatic heterocycles. The van der Waals surface area contributed by atoms with Gasteiger partial charge in [-0.15, -0.1) is 0 Å². The van der Waals surface area contributed by atoms with Gasteiger partial charge in [-0.25, -0.2) is 0 Å². The monoisotopic (exact) mass is 1230 g/mol. The van der Waals surface area contributed by atoms with Crippen molar-refractivity contribution in [2.24, 2.45) is 0 Å². The van der Waals surface area contributed by atoms with Crippen LogP contribution in [0.5, 0.6) is 23.0 Å². The number of fused-ring (bicyclic) bond motifs is 4. The Labute approximate surface area is 521 Å². The Bertz CT molecular complexity index is 3370. The molecule has 0 saturated carbocycles. The molecule has 0 spiro atoms. The lowest BCUT2D eigenvalue weighted by molar-refractivity contribution is -0.419. The van der Waals surface area contributed by atoms with Gasteiger partial charge in [0.25, 0.3) is 11.4 Å². The Morgan fingerprint density at radius 3 is 1.22 bits per heavy atom. The Kier molecular flexibility index (Phi) is 22.1. The molecule has 9 rings (SSSR count). The van der Waals surface area contributed by atoms with Crippen LogP contribution in [-0.2, 0) is 71.6 Å². The van der Waals surface area contributed by atoms with Crippen LogP contribution in [0, 0.1) is 20.2 Å². The van der Waals surface area contributed by atoms with Crippen molar-refractivity contribution in [2.75, 3.05) is 102 Å². The predicted molar refractivity (Wildman–Crippen MR) is 331 cm³/mol. The smallest absolute Gasteiger partial charge is 0.307 e. The van der Waals surface area contributed by atoms with Gasteiger partial charge in [-0.3, -0.25) is 39.4 Å². The first-order chi connectivity index (χ1) is 43.5. The Balaban J connectivity index is 0.749. The van der Waals surface area contributed by atoms with Crippen LogP contribution in [0.2, 0.25) is 0 Å². The van der Waals surface area contributed by atoms with E-state index in [1.54, 1.807) is 60.7 Å². The Morgan fingerprint density at radius 1 is 0.489 bits per heavy atom. The molecule has 90 heavy (non-hydrogen) atoms. The summed E-state index contributed by atoms with van der Waals surface area (Å²) < 4.78 is 59.2. The van der Waals surface area contributed by atoms with E-state index in [0.29, 0.717) is 47.3 Å². The lowest BCUT2D eigenvalue weighted by Crippen LogP contribution is -2.28. The standard InChI is InChI=1S/C68H72N4O18/c1-67(2)53-9-5-7-11-55(53)69(63(67)23-15-49-43-51(71(77)78)17-19-57(49)73)27-25-65(75)89-45-47-13-21-59-61(41-47)87-39-35-83-31-32-84-36-40-88-62-42-48(14-22-60(62)86-38-34-82-30-29-81-33-37-85-59)46-90-66(76)26-28-70-56-12-8-6-10-54(56)68(3,4)64(70)24-16-50-44-52(72(79)80)18-20-58(50)74/h5-24,41-44H,25-40,45-46H2,1-4H3/b49-15-,50-16-,63-23-,64-24+. The second-order valence-electron chi connectivity index (χ2n) is 22.2. The molecule has 0 atom stereocenters. The maximum Gasteiger partial charge on any atom is 0.307 e. The zero-order valence-corrected chi connectivity index (χ0v) is 50.7. The van der Waals surface area contributed by atoms with Crippen LogP contribution < -0.4 is 28.7 Å². The summed E-state index contributed by atoms with van der Waals surface area (Å²) in [6.07, 6.45) is 14.0. The van der Waals surface area contributed by atoms with Crippen molar-refractivity contribution in [3.8, 4) is 23.0 Å². The van der Waals surface area contributed by atoms with Gasteiger partial charge < -0.3 is 57.2 Å². The first-order valence-corrected chi connectivity index (χ1v) is 29.6.